The Morgan fingerprint density at radius 2 is 2.10 bits per heavy atom. The number of halogens is 1. The van der Waals surface area contributed by atoms with E-state index in [9.17, 15) is 12.8 Å². The molecule has 0 amide bonds. The standard InChI is InChI=1S/C14H18FNO4S/c1-19-8-12-13(11-6-7-20-14(11)12)16-21(17,18)10-4-2-9(15)3-5-10/h2-5,11-14,16H,6-8H2,1H3. The van der Waals surface area contributed by atoms with Crippen molar-refractivity contribution in [2.45, 2.75) is 23.5 Å². The Kier molecular flexibility index (Phi) is 4.00. The van der Waals surface area contributed by atoms with Crippen molar-refractivity contribution in [3.05, 3.63) is 30.1 Å². The van der Waals surface area contributed by atoms with E-state index in [2.05, 4.69) is 4.72 Å². The van der Waals surface area contributed by atoms with Gasteiger partial charge >= 0.3 is 0 Å². The topological polar surface area (TPSA) is 64.6 Å². The van der Waals surface area contributed by atoms with Crippen LogP contribution in [0.1, 0.15) is 6.42 Å². The zero-order valence-electron chi connectivity index (χ0n) is 11.7. The Balaban J connectivity index is 1.76. The highest BCUT2D eigenvalue weighted by Crippen LogP contribution is 2.44. The van der Waals surface area contributed by atoms with Crippen LogP contribution < -0.4 is 4.72 Å². The van der Waals surface area contributed by atoms with E-state index in [0.717, 1.165) is 18.6 Å². The molecule has 3 rings (SSSR count). The summed E-state index contributed by atoms with van der Waals surface area (Å²) < 4.78 is 51.1. The second-order valence-corrected chi connectivity index (χ2v) is 7.22. The third-order valence-electron chi connectivity index (χ3n) is 4.30. The molecule has 1 saturated carbocycles. The molecule has 2 aliphatic rings. The predicted octanol–water partition coefficient (Wildman–Crippen LogP) is 1.15. The summed E-state index contributed by atoms with van der Waals surface area (Å²) in [4.78, 5) is 0.0717. The molecule has 1 saturated heterocycles. The molecule has 116 valence electrons. The molecule has 1 aromatic rings. The second kappa shape index (κ2) is 5.64. The van der Waals surface area contributed by atoms with Crippen LogP contribution in [0, 0.1) is 17.7 Å². The Bertz CT molecular complexity index is 604. The molecular weight excluding hydrogens is 297 g/mol. The van der Waals surface area contributed by atoms with E-state index in [1.165, 1.54) is 12.1 Å². The predicted molar refractivity (Wildman–Crippen MR) is 73.7 cm³/mol. The number of hydrogen-bond donors (Lipinski definition) is 1. The fraction of sp³-hybridized carbons (Fsp3) is 0.571. The summed E-state index contributed by atoms with van der Waals surface area (Å²) in [5, 5.41) is 0. The Hall–Kier alpha value is -1.02. The molecule has 2 fully saturated rings. The second-order valence-electron chi connectivity index (χ2n) is 5.51. The van der Waals surface area contributed by atoms with Crippen LogP contribution in [-0.4, -0.2) is 40.9 Å². The van der Waals surface area contributed by atoms with Crippen LogP contribution in [0.4, 0.5) is 4.39 Å². The van der Waals surface area contributed by atoms with Crippen molar-refractivity contribution in [2.75, 3.05) is 20.3 Å². The molecule has 0 radical (unpaired) electrons. The van der Waals surface area contributed by atoms with Gasteiger partial charge in [0.25, 0.3) is 0 Å². The average molecular weight is 315 g/mol. The summed E-state index contributed by atoms with van der Waals surface area (Å²) in [7, 11) is -2.06. The third-order valence-corrected chi connectivity index (χ3v) is 5.78. The van der Waals surface area contributed by atoms with Gasteiger partial charge in [0.15, 0.2) is 0 Å². The van der Waals surface area contributed by atoms with Gasteiger partial charge in [-0.25, -0.2) is 17.5 Å². The van der Waals surface area contributed by atoms with Crippen LogP contribution in [-0.2, 0) is 19.5 Å². The van der Waals surface area contributed by atoms with Crippen molar-refractivity contribution in [1.82, 2.24) is 4.72 Å². The smallest absolute Gasteiger partial charge is 0.240 e. The summed E-state index contributed by atoms with van der Waals surface area (Å²) in [6, 6.07) is 4.63. The minimum atomic E-state index is -3.65. The number of fused-ring (bicyclic) bond motifs is 1. The number of methoxy groups -OCH3 is 1. The van der Waals surface area contributed by atoms with Gasteiger partial charge in [0, 0.05) is 31.6 Å². The zero-order valence-corrected chi connectivity index (χ0v) is 12.5. The summed E-state index contributed by atoms with van der Waals surface area (Å²) in [6.45, 7) is 1.11. The average Bonchev–Trinajstić information content (AvgIpc) is 2.87. The van der Waals surface area contributed by atoms with Gasteiger partial charge in [0.1, 0.15) is 5.82 Å². The minimum Gasteiger partial charge on any atom is -0.384 e. The van der Waals surface area contributed by atoms with Crippen molar-refractivity contribution in [3.8, 4) is 0 Å². The molecule has 0 aromatic heterocycles. The Morgan fingerprint density at radius 3 is 2.76 bits per heavy atom. The lowest BCUT2D eigenvalue weighted by Crippen LogP contribution is -2.62. The molecule has 4 atom stereocenters. The molecule has 1 aliphatic carbocycles. The van der Waals surface area contributed by atoms with E-state index in [4.69, 9.17) is 9.47 Å². The number of sulfonamides is 1. The lowest BCUT2D eigenvalue weighted by molar-refractivity contribution is -0.0775. The number of benzene rings is 1. The van der Waals surface area contributed by atoms with Crippen LogP contribution in [0.25, 0.3) is 0 Å². The van der Waals surface area contributed by atoms with Gasteiger partial charge in [-0.2, -0.15) is 0 Å². The summed E-state index contributed by atoms with van der Waals surface area (Å²) in [5.74, 6) is -0.239. The van der Waals surface area contributed by atoms with Crippen molar-refractivity contribution in [1.29, 1.82) is 0 Å². The number of nitrogens with one attached hydrogen (secondary N) is 1. The fourth-order valence-electron chi connectivity index (χ4n) is 3.26. The van der Waals surface area contributed by atoms with Gasteiger partial charge in [-0.3, -0.25) is 0 Å². The van der Waals surface area contributed by atoms with Crippen molar-refractivity contribution >= 4 is 10.0 Å². The maximum atomic E-state index is 12.9. The molecule has 1 aliphatic heterocycles. The lowest BCUT2D eigenvalue weighted by Gasteiger charge is -2.47. The van der Waals surface area contributed by atoms with Crippen molar-refractivity contribution in [2.24, 2.45) is 11.8 Å². The molecule has 21 heavy (non-hydrogen) atoms. The van der Waals surface area contributed by atoms with E-state index >= 15 is 0 Å². The normalized spacial score (nSPS) is 31.7. The number of ether oxygens (including phenoxy) is 2. The van der Waals surface area contributed by atoms with Crippen molar-refractivity contribution in [3.63, 3.8) is 0 Å². The molecule has 7 heteroatoms. The van der Waals surface area contributed by atoms with E-state index < -0.39 is 15.8 Å². The maximum absolute atomic E-state index is 12.9. The highest BCUT2D eigenvalue weighted by molar-refractivity contribution is 7.89. The highest BCUT2D eigenvalue weighted by Gasteiger charge is 2.54. The molecule has 0 spiro atoms. The highest BCUT2D eigenvalue weighted by atomic mass is 32.2. The van der Waals surface area contributed by atoms with Gasteiger partial charge in [0.2, 0.25) is 10.0 Å². The Labute approximate surface area is 123 Å². The molecule has 5 nitrogen and oxygen atoms in total. The monoisotopic (exact) mass is 315 g/mol. The first-order chi connectivity index (χ1) is 10.0. The molecule has 1 N–H and O–H groups in total. The Morgan fingerprint density at radius 1 is 1.38 bits per heavy atom. The van der Waals surface area contributed by atoms with E-state index in [-0.39, 0.29) is 28.9 Å². The SMILES string of the molecule is COCC1C(NS(=O)(=O)c2ccc(F)cc2)C2CCOC21. The summed E-state index contributed by atoms with van der Waals surface area (Å²) in [6.07, 6.45) is 0.924. The quantitative estimate of drug-likeness (QED) is 0.885. The number of hydrogen-bond acceptors (Lipinski definition) is 4. The molecule has 0 bridgehead atoms. The third kappa shape index (κ3) is 2.70. The molecule has 4 unspecified atom stereocenters. The molecular formula is C14H18FNO4S. The largest absolute Gasteiger partial charge is 0.384 e. The van der Waals surface area contributed by atoms with Crippen LogP contribution >= 0.6 is 0 Å². The summed E-state index contributed by atoms with van der Waals surface area (Å²) >= 11 is 0. The van der Waals surface area contributed by atoms with Gasteiger partial charge in [-0.1, -0.05) is 0 Å². The first kappa shape index (κ1) is 14.9. The van der Waals surface area contributed by atoms with Gasteiger partial charge in [0.05, 0.1) is 17.6 Å². The first-order valence-corrected chi connectivity index (χ1v) is 8.39. The first-order valence-electron chi connectivity index (χ1n) is 6.91. The number of rotatable bonds is 5. The lowest BCUT2D eigenvalue weighted by atomic mass is 9.68. The maximum Gasteiger partial charge on any atom is 0.240 e. The minimum absolute atomic E-state index is 0.0257. The zero-order chi connectivity index (χ0) is 15.0. The van der Waals surface area contributed by atoms with Gasteiger partial charge < -0.3 is 9.47 Å². The van der Waals surface area contributed by atoms with E-state index in [1.54, 1.807) is 7.11 Å². The molecule has 1 aromatic carbocycles. The van der Waals surface area contributed by atoms with Crippen LogP contribution in [0.2, 0.25) is 0 Å². The van der Waals surface area contributed by atoms with Crippen LogP contribution in [0.5, 0.6) is 0 Å². The van der Waals surface area contributed by atoms with Gasteiger partial charge in [-0.05, 0) is 30.7 Å². The van der Waals surface area contributed by atoms with Gasteiger partial charge in [-0.15, -0.1) is 0 Å². The van der Waals surface area contributed by atoms with Crippen LogP contribution in [0.3, 0.4) is 0 Å². The van der Waals surface area contributed by atoms with E-state index in [0.29, 0.717) is 13.2 Å². The fourth-order valence-corrected chi connectivity index (χ4v) is 4.59. The summed E-state index contributed by atoms with van der Waals surface area (Å²) in [5.41, 5.74) is 0. The van der Waals surface area contributed by atoms with Crippen molar-refractivity contribution < 1.29 is 22.3 Å². The molecule has 1 heterocycles. The van der Waals surface area contributed by atoms with E-state index in [1.807, 2.05) is 0 Å². The van der Waals surface area contributed by atoms with Crippen LogP contribution in [0.15, 0.2) is 29.2 Å².